The van der Waals surface area contributed by atoms with Crippen molar-refractivity contribution >= 4 is 42.7 Å². The first-order valence-corrected chi connectivity index (χ1v) is 9.18. The fourth-order valence-electron chi connectivity index (χ4n) is 1.89. The maximum absolute atomic E-state index is 11.4. The second-order valence-corrected chi connectivity index (χ2v) is 8.41. The minimum absolute atomic E-state index is 0.00190. The molecule has 0 radical (unpaired) electrons. The molecule has 0 bridgehead atoms. The lowest BCUT2D eigenvalue weighted by molar-refractivity contribution is 0.595. The predicted molar refractivity (Wildman–Crippen MR) is 72.2 cm³/mol. The molecule has 3 rings (SSSR count). The first-order valence-electron chi connectivity index (χ1n) is 5.21. The number of rotatable bonds is 1. The summed E-state index contributed by atoms with van der Waals surface area (Å²) in [7, 11) is -7.18. The Morgan fingerprint density at radius 1 is 1.37 bits per heavy atom. The molecule has 0 atom stereocenters. The number of nitrogens with two attached hydrogens (primary N) is 1. The summed E-state index contributed by atoms with van der Waals surface area (Å²) in [4.78, 5) is 2.40. The fraction of sp³-hybridized carbons (Fsp3) is 0.222. The van der Waals surface area contributed by atoms with E-state index in [1.54, 1.807) is 11.0 Å². The van der Waals surface area contributed by atoms with Crippen LogP contribution in [-0.2, 0) is 20.0 Å². The smallest absolute Gasteiger partial charge is 0.257 e. The molecule has 1 aromatic carbocycles. The molecule has 0 aliphatic carbocycles. The second kappa shape index (κ2) is 3.95. The molecular formula is C9H9N3O4S3. The average molecular weight is 319 g/mol. The highest BCUT2D eigenvalue weighted by Gasteiger charge is 2.33. The highest BCUT2D eigenvalue weighted by atomic mass is 32.2. The van der Waals surface area contributed by atoms with E-state index in [1.165, 1.54) is 12.1 Å². The quantitative estimate of drug-likeness (QED) is 0.777. The van der Waals surface area contributed by atoms with Crippen LogP contribution in [0, 0.1) is 0 Å². The number of sulfonamides is 2. The lowest BCUT2D eigenvalue weighted by Gasteiger charge is -2.22. The lowest BCUT2D eigenvalue weighted by Crippen LogP contribution is -2.35. The van der Waals surface area contributed by atoms with Gasteiger partial charge < -0.3 is 4.90 Å². The maximum Gasteiger partial charge on any atom is 0.257 e. The van der Waals surface area contributed by atoms with Gasteiger partial charge in [0.2, 0.25) is 10.0 Å². The van der Waals surface area contributed by atoms with Crippen molar-refractivity contribution in [2.75, 3.05) is 17.2 Å². The molecule has 102 valence electrons. The van der Waals surface area contributed by atoms with E-state index in [1.807, 2.05) is 0 Å². The van der Waals surface area contributed by atoms with Crippen LogP contribution in [0.15, 0.2) is 32.4 Å². The van der Waals surface area contributed by atoms with Crippen molar-refractivity contribution < 1.29 is 16.8 Å². The zero-order chi connectivity index (χ0) is 13.8. The maximum atomic E-state index is 11.4. The number of benzene rings is 1. The summed E-state index contributed by atoms with van der Waals surface area (Å²) in [5.74, 6) is -0.0482. The van der Waals surface area contributed by atoms with Gasteiger partial charge in [0, 0.05) is 11.4 Å². The Hall–Kier alpha value is -1.10. The molecule has 19 heavy (non-hydrogen) atoms. The summed E-state index contributed by atoms with van der Waals surface area (Å²) in [5, 5.41) is 5.42. The van der Waals surface area contributed by atoms with E-state index in [9.17, 15) is 16.8 Å². The van der Waals surface area contributed by atoms with E-state index >= 15 is 0 Å². The molecule has 7 nitrogen and oxygen atoms in total. The topological polar surface area (TPSA) is 110 Å². The van der Waals surface area contributed by atoms with Gasteiger partial charge in [0.05, 0.1) is 16.3 Å². The molecule has 2 aliphatic heterocycles. The number of fused-ring (bicyclic) bond motifs is 3. The number of thioether (sulfide) groups is 1. The molecule has 0 saturated carbocycles. The van der Waals surface area contributed by atoms with Gasteiger partial charge in [-0.3, -0.25) is 0 Å². The lowest BCUT2D eigenvalue weighted by atomic mass is 10.3. The first kappa shape index (κ1) is 12.9. The minimum Gasteiger partial charge on any atom is -0.318 e. The number of hydrogen-bond donors (Lipinski definition) is 1. The number of primary sulfonamides is 1. The molecule has 0 unspecified atom stereocenters. The molecule has 0 aromatic heterocycles. The molecule has 0 spiro atoms. The van der Waals surface area contributed by atoms with Gasteiger partial charge in [-0.15, -0.1) is 4.40 Å². The van der Waals surface area contributed by atoms with Crippen molar-refractivity contribution in [2.24, 2.45) is 9.54 Å². The van der Waals surface area contributed by atoms with E-state index < -0.39 is 20.0 Å². The van der Waals surface area contributed by atoms with Crippen molar-refractivity contribution in [3.8, 4) is 0 Å². The van der Waals surface area contributed by atoms with Crippen LogP contribution in [0.2, 0.25) is 0 Å². The Bertz CT molecular complexity index is 798. The van der Waals surface area contributed by atoms with Crippen molar-refractivity contribution in [1.29, 1.82) is 0 Å². The number of nitrogens with zero attached hydrogens (tertiary/aromatic N) is 2. The third-order valence-electron chi connectivity index (χ3n) is 2.77. The first-order chi connectivity index (χ1) is 8.76. The van der Waals surface area contributed by atoms with Crippen LogP contribution < -0.4 is 10.0 Å². The van der Waals surface area contributed by atoms with Crippen LogP contribution in [0.4, 0.5) is 5.69 Å². The van der Waals surface area contributed by atoms with Crippen LogP contribution in [0.25, 0.3) is 0 Å². The number of anilines is 1. The fourth-order valence-corrected chi connectivity index (χ4v) is 4.80. The summed E-state index contributed by atoms with van der Waals surface area (Å²) in [6.45, 7) is 0.315. The molecule has 2 N–H and O–H groups in total. The number of hydrogen-bond acceptors (Lipinski definition) is 6. The standard InChI is InChI=1S/C9H9N3O4S3/c10-19(15,16)6-1-2-7-8(5-6)17-9-11-18(13,14)4-3-12(7)9/h1-2,5H,3-4H2,(H2,10,15,16). The Kier molecular flexibility index (Phi) is 2.68. The second-order valence-electron chi connectivity index (χ2n) is 4.09. The van der Waals surface area contributed by atoms with E-state index in [4.69, 9.17) is 5.14 Å². The Morgan fingerprint density at radius 2 is 2.11 bits per heavy atom. The molecule has 1 aromatic rings. The largest absolute Gasteiger partial charge is 0.318 e. The summed E-state index contributed by atoms with van der Waals surface area (Å²) in [6.07, 6.45) is 0. The van der Waals surface area contributed by atoms with E-state index in [-0.39, 0.29) is 10.6 Å². The van der Waals surface area contributed by atoms with Crippen molar-refractivity contribution in [3.05, 3.63) is 18.2 Å². The van der Waals surface area contributed by atoms with Crippen LogP contribution in [-0.4, -0.2) is 34.3 Å². The van der Waals surface area contributed by atoms with Crippen molar-refractivity contribution in [2.45, 2.75) is 9.79 Å². The van der Waals surface area contributed by atoms with Crippen LogP contribution in [0.3, 0.4) is 0 Å². The van der Waals surface area contributed by atoms with E-state index in [0.29, 0.717) is 16.6 Å². The van der Waals surface area contributed by atoms with Crippen molar-refractivity contribution in [1.82, 2.24) is 0 Å². The summed E-state index contributed by atoms with van der Waals surface area (Å²) in [5.41, 5.74) is 0.756. The third-order valence-corrected chi connectivity index (χ3v) is 5.99. The van der Waals surface area contributed by atoms with Gasteiger partial charge in [-0.1, -0.05) is 0 Å². The van der Waals surface area contributed by atoms with Gasteiger partial charge in [0.1, 0.15) is 0 Å². The van der Waals surface area contributed by atoms with Gasteiger partial charge in [0.25, 0.3) is 10.0 Å². The molecular weight excluding hydrogens is 310 g/mol. The zero-order valence-electron chi connectivity index (χ0n) is 9.48. The normalized spacial score (nSPS) is 20.7. The monoisotopic (exact) mass is 319 g/mol. The van der Waals surface area contributed by atoms with Crippen LogP contribution in [0.5, 0.6) is 0 Å². The van der Waals surface area contributed by atoms with Crippen LogP contribution in [0.1, 0.15) is 0 Å². The SMILES string of the molecule is NS(=O)(=O)c1ccc2c(c1)SC1=NS(=O)(=O)CCN12. The van der Waals surface area contributed by atoms with Gasteiger partial charge >= 0.3 is 0 Å². The van der Waals surface area contributed by atoms with Crippen molar-refractivity contribution in [3.63, 3.8) is 0 Å². The average Bonchev–Trinajstić information content (AvgIpc) is 2.61. The predicted octanol–water partition coefficient (Wildman–Crippen LogP) is -0.0545. The molecule has 0 fully saturated rings. The minimum atomic E-state index is -3.77. The van der Waals surface area contributed by atoms with Gasteiger partial charge in [-0.05, 0) is 30.0 Å². The Morgan fingerprint density at radius 3 is 2.79 bits per heavy atom. The highest BCUT2D eigenvalue weighted by Crippen LogP contribution is 2.42. The number of amidine groups is 1. The summed E-state index contributed by atoms with van der Waals surface area (Å²) < 4.78 is 49.1. The van der Waals surface area contributed by atoms with Crippen LogP contribution >= 0.6 is 11.8 Å². The van der Waals surface area contributed by atoms with E-state index in [2.05, 4.69) is 4.40 Å². The molecule has 0 saturated heterocycles. The summed E-state index contributed by atoms with van der Waals surface area (Å²) >= 11 is 1.13. The highest BCUT2D eigenvalue weighted by molar-refractivity contribution is 8.15. The summed E-state index contributed by atoms with van der Waals surface area (Å²) in [6, 6.07) is 4.45. The molecule has 0 amide bonds. The molecule has 2 heterocycles. The Balaban J connectivity index is 2.11. The van der Waals surface area contributed by atoms with Gasteiger partial charge in [0.15, 0.2) is 5.17 Å². The van der Waals surface area contributed by atoms with E-state index in [0.717, 1.165) is 17.4 Å². The van der Waals surface area contributed by atoms with Gasteiger partial charge in [-0.25, -0.2) is 22.0 Å². The molecule has 2 aliphatic rings. The molecule has 10 heteroatoms. The third kappa shape index (κ3) is 2.24. The zero-order valence-corrected chi connectivity index (χ0v) is 11.9. The Labute approximate surface area is 114 Å². The van der Waals surface area contributed by atoms with Gasteiger partial charge in [-0.2, -0.15) is 0 Å².